The fraction of sp³-hybridized carbons (Fsp3) is 0.714. The van der Waals surface area contributed by atoms with Crippen molar-refractivity contribution in [2.24, 2.45) is 0 Å². The number of hydrogen-bond acceptors (Lipinski definition) is 3. The van der Waals surface area contributed by atoms with E-state index in [0.29, 0.717) is 0 Å². The van der Waals surface area contributed by atoms with Crippen LogP contribution in [0.25, 0.3) is 0 Å². The third-order valence-electron chi connectivity index (χ3n) is 1.51. The smallest absolute Gasteiger partial charge is 0.137 e. The minimum absolute atomic E-state index is 1.06. The van der Waals surface area contributed by atoms with Gasteiger partial charge in [-0.1, -0.05) is 26.6 Å². The number of nitrogens with zero attached hydrogens (tertiary/aromatic N) is 2. The Morgan fingerprint density at radius 2 is 2.00 bits per heavy atom. The highest BCUT2D eigenvalue weighted by atomic mass is 32.2. The summed E-state index contributed by atoms with van der Waals surface area (Å²) in [4.78, 5) is 0. The van der Waals surface area contributed by atoms with E-state index in [1.54, 1.807) is 11.8 Å². The SMILES string of the molecule is CCSc1n[nH]nc1[Si](C)(C)C. The highest BCUT2D eigenvalue weighted by Gasteiger charge is 2.24. The Morgan fingerprint density at radius 3 is 2.50 bits per heavy atom. The van der Waals surface area contributed by atoms with Crippen LogP contribution in [0.15, 0.2) is 5.03 Å². The van der Waals surface area contributed by atoms with Gasteiger partial charge in [0.15, 0.2) is 0 Å². The lowest BCUT2D eigenvalue weighted by Gasteiger charge is -2.12. The van der Waals surface area contributed by atoms with Gasteiger partial charge >= 0.3 is 0 Å². The summed E-state index contributed by atoms with van der Waals surface area (Å²) in [7, 11) is -1.29. The molecule has 1 N–H and O–H groups in total. The number of nitrogens with one attached hydrogen (secondary N) is 1. The van der Waals surface area contributed by atoms with Gasteiger partial charge in [-0.3, -0.25) is 0 Å². The summed E-state index contributed by atoms with van der Waals surface area (Å²) in [6.07, 6.45) is 0. The fourth-order valence-corrected chi connectivity index (χ4v) is 3.73. The van der Waals surface area contributed by atoms with Gasteiger partial charge in [0.25, 0.3) is 0 Å². The van der Waals surface area contributed by atoms with Gasteiger partial charge < -0.3 is 0 Å². The minimum atomic E-state index is -1.29. The first-order valence-corrected chi connectivity index (χ1v) is 8.58. The quantitative estimate of drug-likeness (QED) is 0.595. The summed E-state index contributed by atoms with van der Waals surface area (Å²) in [5.74, 6) is 1.06. The number of thioether (sulfide) groups is 1. The molecule has 1 aromatic rings. The normalized spacial score (nSPS) is 12.0. The largest absolute Gasteiger partial charge is 0.197 e. The summed E-state index contributed by atoms with van der Waals surface area (Å²) in [6, 6.07) is 0. The van der Waals surface area contributed by atoms with Crippen molar-refractivity contribution in [3.8, 4) is 0 Å². The van der Waals surface area contributed by atoms with E-state index < -0.39 is 8.07 Å². The molecule has 1 aromatic heterocycles. The van der Waals surface area contributed by atoms with Crippen LogP contribution in [0, 0.1) is 0 Å². The molecule has 0 aliphatic rings. The molecule has 0 amide bonds. The lowest BCUT2D eigenvalue weighted by atomic mass is 10.9. The van der Waals surface area contributed by atoms with E-state index in [1.165, 1.54) is 5.32 Å². The van der Waals surface area contributed by atoms with Crippen LogP contribution in [0.5, 0.6) is 0 Å². The molecule has 0 aromatic carbocycles. The summed E-state index contributed by atoms with van der Waals surface area (Å²) < 4.78 is 0. The monoisotopic (exact) mass is 201 g/mol. The molecule has 0 aliphatic heterocycles. The summed E-state index contributed by atoms with van der Waals surface area (Å²) in [6.45, 7) is 8.98. The van der Waals surface area contributed by atoms with E-state index in [1.807, 2.05) is 0 Å². The van der Waals surface area contributed by atoms with E-state index in [-0.39, 0.29) is 0 Å². The second kappa shape index (κ2) is 3.61. The van der Waals surface area contributed by atoms with Gasteiger partial charge in [-0.15, -0.1) is 16.9 Å². The summed E-state index contributed by atoms with van der Waals surface area (Å²) in [5, 5.41) is 13.3. The van der Waals surface area contributed by atoms with E-state index in [9.17, 15) is 0 Å². The molecular formula is C7H15N3SSi. The average Bonchev–Trinajstić information content (AvgIpc) is 2.34. The van der Waals surface area contributed by atoms with Crippen LogP contribution >= 0.6 is 11.8 Å². The lowest BCUT2D eigenvalue weighted by molar-refractivity contribution is 0.912. The first-order chi connectivity index (χ1) is 5.55. The van der Waals surface area contributed by atoms with Gasteiger partial charge in [-0.2, -0.15) is 10.3 Å². The third kappa shape index (κ3) is 2.10. The van der Waals surface area contributed by atoms with Crippen LogP contribution in [0.3, 0.4) is 0 Å². The van der Waals surface area contributed by atoms with Crippen molar-refractivity contribution < 1.29 is 0 Å². The molecule has 0 aliphatic carbocycles. The van der Waals surface area contributed by atoms with Crippen LogP contribution < -0.4 is 5.32 Å². The molecule has 3 nitrogen and oxygen atoms in total. The summed E-state index contributed by atoms with van der Waals surface area (Å²) in [5.41, 5.74) is 0. The highest BCUT2D eigenvalue weighted by molar-refractivity contribution is 7.99. The molecule has 1 heterocycles. The maximum Gasteiger partial charge on any atom is 0.137 e. The van der Waals surface area contributed by atoms with Crippen molar-refractivity contribution in [2.75, 3.05) is 5.75 Å². The maximum atomic E-state index is 4.21. The van der Waals surface area contributed by atoms with E-state index in [4.69, 9.17) is 0 Å². The second-order valence-corrected chi connectivity index (χ2v) is 9.89. The molecule has 0 fully saturated rings. The lowest BCUT2D eigenvalue weighted by Crippen LogP contribution is -2.40. The van der Waals surface area contributed by atoms with E-state index >= 15 is 0 Å². The number of aromatic nitrogens is 3. The van der Waals surface area contributed by atoms with Crippen LogP contribution in [0.2, 0.25) is 19.6 Å². The number of aromatic amines is 1. The highest BCUT2D eigenvalue weighted by Crippen LogP contribution is 2.14. The Morgan fingerprint density at radius 1 is 1.33 bits per heavy atom. The Hall–Kier alpha value is -0.293. The van der Waals surface area contributed by atoms with E-state index in [2.05, 4.69) is 42.0 Å². The van der Waals surface area contributed by atoms with Gasteiger partial charge in [0.1, 0.15) is 13.1 Å². The standard InChI is InChI=1S/C7H15N3SSi/c1-5-11-6-7(9-10-8-6)12(2,3)4/h5H2,1-4H3,(H,8,9,10). The molecule has 0 spiro atoms. The molecule has 5 heteroatoms. The predicted octanol–water partition coefficient (Wildman–Crippen LogP) is 1.46. The zero-order valence-electron chi connectivity index (χ0n) is 8.01. The number of hydrogen-bond donors (Lipinski definition) is 1. The molecule has 12 heavy (non-hydrogen) atoms. The molecule has 0 unspecified atom stereocenters. The van der Waals surface area contributed by atoms with Crippen molar-refractivity contribution in [1.82, 2.24) is 15.4 Å². The molecule has 0 bridgehead atoms. The molecule has 0 saturated carbocycles. The topological polar surface area (TPSA) is 41.6 Å². The molecule has 1 rings (SSSR count). The molecular weight excluding hydrogens is 186 g/mol. The van der Waals surface area contributed by atoms with Gasteiger partial charge in [0.05, 0.1) is 5.32 Å². The third-order valence-corrected chi connectivity index (χ3v) is 4.30. The fourth-order valence-electron chi connectivity index (χ4n) is 0.947. The van der Waals surface area contributed by atoms with Crippen molar-refractivity contribution in [3.05, 3.63) is 0 Å². The maximum absolute atomic E-state index is 4.21. The number of rotatable bonds is 3. The van der Waals surface area contributed by atoms with Crippen LogP contribution in [-0.2, 0) is 0 Å². The van der Waals surface area contributed by atoms with Gasteiger partial charge in [-0.05, 0) is 5.75 Å². The van der Waals surface area contributed by atoms with E-state index in [0.717, 1.165) is 10.8 Å². The van der Waals surface area contributed by atoms with Crippen molar-refractivity contribution >= 4 is 25.2 Å². The van der Waals surface area contributed by atoms with Crippen LogP contribution in [0.1, 0.15) is 6.92 Å². The van der Waals surface area contributed by atoms with Crippen molar-refractivity contribution in [3.63, 3.8) is 0 Å². The van der Waals surface area contributed by atoms with Gasteiger partial charge in [0.2, 0.25) is 0 Å². The van der Waals surface area contributed by atoms with Crippen molar-refractivity contribution in [2.45, 2.75) is 31.6 Å². The Kier molecular flexibility index (Phi) is 2.95. The van der Waals surface area contributed by atoms with Gasteiger partial charge in [0, 0.05) is 0 Å². The predicted molar refractivity (Wildman–Crippen MR) is 55.8 cm³/mol. The first-order valence-electron chi connectivity index (χ1n) is 4.09. The first kappa shape index (κ1) is 9.79. The zero-order chi connectivity index (χ0) is 9.19. The Balaban J connectivity index is 2.91. The van der Waals surface area contributed by atoms with Gasteiger partial charge in [-0.25, -0.2) is 0 Å². The van der Waals surface area contributed by atoms with Crippen LogP contribution in [-0.4, -0.2) is 29.2 Å². The Labute approximate surface area is 78.3 Å². The molecule has 0 saturated heterocycles. The molecule has 68 valence electrons. The Bertz CT molecular complexity index is 253. The van der Waals surface area contributed by atoms with Crippen molar-refractivity contribution in [1.29, 1.82) is 0 Å². The molecule has 0 atom stereocenters. The van der Waals surface area contributed by atoms with Crippen LogP contribution in [0.4, 0.5) is 0 Å². The number of H-pyrrole nitrogens is 1. The molecule has 0 radical (unpaired) electrons. The minimum Gasteiger partial charge on any atom is -0.197 e. The average molecular weight is 201 g/mol. The summed E-state index contributed by atoms with van der Waals surface area (Å²) >= 11 is 1.77. The zero-order valence-corrected chi connectivity index (χ0v) is 9.83. The second-order valence-electron chi connectivity index (χ2n) is 3.66.